The van der Waals surface area contributed by atoms with Gasteiger partial charge in [0.25, 0.3) is 0 Å². The van der Waals surface area contributed by atoms with Gasteiger partial charge in [-0.1, -0.05) is 17.8 Å². The summed E-state index contributed by atoms with van der Waals surface area (Å²) in [5.74, 6) is 0.838. The summed E-state index contributed by atoms with van der Waals surface area (Å²) in [4.78, 5) is 4.10. The van der Waals surface area contributed by atoms with Crippen LogP contribution in [-0.4, -0.2) is 37.8 Å². The fourth-order valence-corrected chi connectivity index (χ4v) is 2.57. The van der Waals surface area contributed by atoms with Crippen molar-refractivity contribution in [3.8, 4) is 0 Å². The molecule has 6 nitrogen and oxygen atoms in total. The Morgan fingerprint density at radius 3 is 3.16 bits per heavy atom. The van der Waals surface area contributed by atoms with Gasteiger partial charge >= 0.3 is 0 Å². The third kappa shape index (κ3) is 3.74. The molecule has 0 radical (unpaired) electrons. The highest BCUT2D eigenvalue weighted by Gasteiger charge is 2.20. The van der Waals surface area contributed by atoms with Gasteiger partial charge < -0.3 is 5.32 Å². The topological polar surface area (TPSA) is 68.5 Å². The van der Waals surface area contributed by atoms with Crippen LogP contribution in [0.4, 0.5) is 0 Å². The zero-order chi connectivity index (χ0) is 12.9. The molecular formula is C12H16N6S. The quantitative estimate of drug-likeness (QED) is 0.764. The molecule has 1 saturated carbocycles. The van der Waals surface area contributed by atoms with E-state index in [1.807, 2.05) is 16.9 Å². The third-order valence-corrected chi connectivity index (χ3v) is 3.95. The molecule has 19 heavy (non-hydrogen) atoms. The molecule has 0 aliphatic heterocycles. The van der Waals surface area contributed by atoms with E-state index in [9.17, 15) is 0 Å². The van der Waals surface area contributed by atoms with Crippen LogP contribution in [0.1, 0.15) is 18.4 Å². The minimum absolute atomic E-state index is 0.725. The van der Waals surface area contributed by atoms with Crippen molar-refractivity contribution in [3.05, 3.63) is 30.1 Å². The molecule has 2 aromatic rings. The van der Waals surface area contributed by atoms with Crippen LogP contribution >= 0.6 is 11.8 Å². The second-order valence-electron chi connectivity index (χ2n) is 4.56. The molecule has 0 atom stereocenters. The first-order chi connectivity index (χ1) is 9.42. The molecular weight excluding hydrogens is 260 g/mol. The van der Waals surface area contributed by atoms with E-state index in [4.69, 9.17) is 0 Å². The monoisotopic (exact) mass is 276 g/mol. The average molecular weight is 276 g/mol. The van der Waals surface area contributed by atoms with Crippen LogP contribution in [-0.2, 0) is 12.3 Å². The van der Waals surface area contributed by atoms with E-state index in [2.05, 4.69) is 31.9 Å². The van der Waals surface area contributed by atoms with E-state index in [0.717, 1.165) is 30.0 Å². The predicted octanol–water partition coefficient (Wildman–Crippen LogP) is 1.11. The predicted molar refractivity (Wildman–Crippen MR) is 72.6 cm³/mol. The van der Waals surface area contributed by atoms with E-state index in [1.165, 1.54) is 18.4 Å². The first-order valence-electron chi connectivity index (χ1n) is 6.43. The summed E-state index contributed by atoms with van der Waals surface area (Å²) in [5.41, 5.74) is 1.18. The van der Waals surface area contributed by atoms with Crippen molar-refractivity contribution in [3.63, 3.8) is 0 Å². The van der Waals surface area contributed by atoms with Crippen LogP contribution in [0.2, 0.25) is 0 Å². The van der Waals surface area contributed by atoms with Crippen LogP contribution in [0, 0.1) is 0 Å². The van der Waals surface area contributed by atoms with Gasteiger partial charge in [0.15, 0.2) is 0 Å². The van der Waals surface area contributed by atoms with Crippen LogP contribution in [0.25, 0.3) is 0 Å². The van der Waals surface area contributed by atoms with Crippen LogP contribution < -0.4 is 5.32 Å². The van der Waals surface area contributed by atoms with E-state index in [-0.39, 0.29) is 0 Å². The Morgan fingerprint density at radius 2 is 2.37 bits per heavy atom. The lowest BCUT2D eigenvalue weighted by Gasteiger charge is -2.05. The Balaban J connectivity index is 1.51. The molecule has 0 saturated heterocycles. The van der Waals surface area contributed by atoms with E-state index in [1.54, 1.807) is 18.0 Å². The van der Waals surface area contributed by atoms with Crippen LogP contribution in [0.15, 0.2) is 29.7 Å². The largest absolute Gasteiger partial charge is 0.312 e. The van der Waals surface area contributed by atoms with E-state index >= 15 is 0 Å². The summed E-state index contributed by atoms with van der Waals surface area (Å²) < 4.78 is 1.86. The van der Waals surface area contributed by atoms with Crippen molar-refractivity contribution in [1.82, 2.24) is 30.5 Å². The number of hydrogen-bond donors (Lipinski definition) is 1. The van der Waals surface area contributed by atoms with Gasteiger partial charge in [-0.2, -0.15) is 0 Å². The number of tetrazole rings is 1. The molecule has 7 heteroatoms. The molecule has 0 bridgehead atoms. The third-order valence-electron chi connectivity index (χ3n) is 2.92. The average Bonchev–Trinajstić information content (AvgIpc) is 3.16. The maximum atomic E-state index is 4.10. The molecule has 0 amide bonds. The van der Waals surface area contributed by atoms with Crippen LogP contribution in [0.5, 0.6) is 0 Å². The van der Waals surface area contributed by atoms with Gasteiger partial charge in [0.2, 0.25) is 5.16 Å². The molecule has 1 aliphatic carbocycles. The second-order valence-corrected chi connectivity index (χ2v) is 5.51. The van der Waals surface area contributed by atoms with E-state index < -0.39 is 0 Å². The van der Waals surface area contributed by atoms with Gasteiger partial charge in [-0.25, -0.2) is 4.68 Å². The number of hydrogen-bond acceptors (Lipinski definition) is 6. The summed E-state index contributed by atoms with van der Waals surface area (Å²) in [5, 5.41) is 16.2. The van der Waals surface area contributed by atoms with Crippen molar-refractivity contribution in [2.75, 3.05) is 6.54 Å². The lowest BCUT2D eigenvalue weighted by atomic mass is 10.3. The standard InChI is InChI=1S/C12H16N6S/c1-2-10(8-13-5-1)9-19-12-15-16-17-18(12)7-6-14-11-3-4-11/h1-2,5,8,11,14H,3-4,6-7,9H2. The van der Waals surface area contributed by atoms with Crippen molar-refractivity contribution < 1.29 is 0 Å². The Labute approximate surface area is 116 Å². The molecule has 1 aliphatic rings. The zero-order valence-corrected chi connectivity index (χ0v) is 11.4. The Kier molecular flexibility index (Phi) is 4.04. The highest BCUT2D eigenvalue weighted by molar-refractivity contribution is 7.98. The number of nitrogens with one attached hydrogen (secondary N) is 1. The fourth-order valence-electron chi connectivity index (χ4n) is 1.73. The van der Waals surface area contributed by atoms with Gasteiger partial charge in [-0.15, -0.1) is 5.10 Å². The first-order valence-corrected chi connectivity index (χ1v) is 7.41. The van der Waals surface area contributed by atoms with Crippen molar-refractivity contribution in [2.45, 2.75) is 36.3 Å². The Bertz CT molecular complexity index is 510. The molecule has 1 N–H and O–H groups in total. The molecule has 2 aromatic heterocycles. The zero-order valence-electron chi connectivity index (χ0n) is 10.6. The van der Waals surface area contributed by atoms with Gasteiger partial charge in [0.1, 0.15) is 0 Å². The minimum atomic E-state index is 0.725. The number of aromatic nitrogens is 5. The fraction of sp³-hybridized carbons (Fsp3) is 0.500. The summed E-state index contributed by atoms with van der Waals surface area (Å²) in [6.07, 6.45) is 6.26. The van der Waals surface area contributed by atoms with Gasteiger partial charge in [0, 0.05) is 30.7 Å². The SMILES string of the molecule is c1cncc(CSc2nnnn2CCNC2CC2)c1. The first kappa shape index (κ1) is 12.6. The summed E-state index contributed by atoms with van der Waals surface area (Å²) in [7, 11) is 0. The molecule has 1 fully saturated rings. The number of thioether (sulfide) groups is 1. The maximum Gasteiger partial charge on any atom is 0.209 e. The summed E-state index contributed by atoms with van der Waals surface area (Å²) in [6.45, 7) is 1.75. The van der Waals surface area contributed by atoms with Gasteiger partial charge in [-0.3, -0.25) is 4.98 Å². The van der Waals surface area contributed by atoms with Crippen molar-refractivity contribution in [2.24, 2.45) is 0 Å². The molecule has 2 heterocycles. The second kappa shape index (κ2) is 6.12. The lowest BCUT2D eigenvalue weighted by Crippen LogP contribution is -2.22. The van der Waals surface area contributed by atoms with Crippen LogP contribution in [0.3, 0.4) is 0 Å². The van der Waals surface area contributed by atoms with Crippen molar-refractivity contribution in [1.29, 1.82) is 0 Å². The Hall–Kier alpha value is -1.47. The Morgan fingerprint density at radius 1 is 1.42 bits per heavy atom. The summed E-state index contributed by atoms with van der Waals surface area (Å²) >= 11 is 1.64. The van der Waals surface area contributed by atoms with Gasteiger partial charge in [-0.05, 0) is 34.9 Å². The highest BCUT2D eigenvalue weighted by atomic mass is 32.2. The van der Waals surface area contributed by atoms with Gasteiger partial charge in [0.05, 0.1) is 6.54 Å². The number of rotatable bonds is 7. The highest BCUT2D eigenvalue weighted by Crippen LogP contribution is 2.20. The number of pyridine rings is 1. The normalized spacial score (nSPS) is 14.7. The maximum absolute atomic E-state index is 4.10. The number of nitrogens with zero attached hydrogens (tertiary/aromatic N) is 5. The minimum Gasteiger partial charge on any atom is -0.312 e. The lowest BCUT2D eigenvalue weighted by molar-refractivity contribution is 0.509. The smallest absolute Gasteiger partial charge is 0.209 e. The van der Waals surface area contributed by atoms with E-state index in [0.29, 0.717) is 0 Å². The molecule has 0 spiro atoms. The molecule has 0 unspecified atom stereocenters. The molecule has 100 valence electrons. The molecule has 3 rings (SSSR count). The summed E-state index contributed by atoms with van der Waals surface area (Å²) in [6, 6.07) is 4.73. The molecule has 0 aromatic carbocycles. The van der Waals surface area contributed by atoms with Crippen molar-refractivity contribution >= 4 is 11.8 Å².